The molecule has 1 N–H and O–H groups in total. The highest BCUT2D eigenvalue weighted by Crippen LogP contribution is 2.09. The zero-order valence-corrected chi connectivity index (χ0v) is 13.4. The second-order valence-corrected chi connectivity index (χ2v) is 5.86. The summed E-state index contributed by atoms with van der Waals surface area (Å²) in [4.78, 5) is 27.7. The monoisotopic (exact) mass is 303 g/mol. The van der Waals surface area contributed by atoms with Gasteiger partial charge in [-0.3, -0.25) is 14.5 Å². The number of carbonyl (C=O) groups is 2. The number of amides is 2. The molecule has 0 bridgehead atoms. The van der Waals surface area contributed by atoms with E-state index in [1.807, 2.05) is 11.0 Å². The molecule has 1 saturated heterocycles. The quantitative estimate of drug-likeness (QED) is 0.911. The van der Waals surface area contributed by atoms with Crippen LogP contribution in [0.3, 0.4) is 0 Å². The van der Waals surface area contributed by atoms with Crippen LogP contribution in [0, 0.1) is 0 Å². The zero-order chi connectivity index (χ0) is 15.9. The first-order valence-corrected chi connectivity index (χ1v) is 7.88. The van der Waals surface area contributed by atoms with Gasteiger partial charge >= 0.3 is 0 Å². The largest absolute Gasteiger partial charge is 0.345 e. The predicted octanol–water partition coefficient (Wildman–Crippen LogP) is 1.25. The number of benzene rings is 1. The van der Waals surface area contributed by atoms with Crippen LogP contribution >= 0.6 is 0 Å². The molecular formula is C17H25N3O2. The maximum Gasteiger partial charge on any atom is 0.244 e. The molecule has 1 heterocycles. The summed E-state index contributed by atoms with van der Waals surface area (Å²) in [5, 5.41) is 2.67. The Morgan fingerprint density at radius 1 is 1.14 bits per heavy atom. The number of nitrogens with one attached hydrogen (secondary N) is 1. The lowest BCUT2D eigenvalue weighted by atomic mass is 10.2. The summed E-state index contributed by atoms with van der Waals surface area (Å²) in [6.45, 7) is 7.44. The van der Waals surface area contributed by atoms with E-state index in [2.05, 4.69) is 34.5 Å². The van der Waals surface area contributed by atoms with Gasteiger partial charge in [0.1, 0.15) is 6.04 Å². The molecule has 0 aliphatic carbocycles. The van der Waals surface area contributed by atoms with Crippen LogP contribution in [-0.2, 0) is 16.1 Å². The third-order valence-electron chi connectivity index (χ3n) is 3.94. The maximum atomic E-state index is 12.3. The van der Waals surface area contributed by atoms with Gasteiger partial charge in [-0.2, -0.15) is 0 Å². The van der Waals surface area contributed by atoms with Crippen molar-refractivity contribution < 1.29 is 9.59 Å². The normalized spacial score (nSPS) is 17.6. The molecule has 0 spiro atoms. The van der Waals surface area contributed by atoms with E-state index >= 15 is 0 Å². The van der Waals surface area contributed by atoms with Gasteiger partial charge in [-0.15, -0.1) is 0 Å². The lowest BCUT2D eigenvalue weighted by Crippen LogP contribution is -2.47. The Kier molecular flexibility index (Phi) is 5.95. The molecule has 22 heavy (non-hydrogen) atoms. The van der Waals surface area contributed by atoms with Gasteiger partial charge in [0.25, 0.3) is 0 Å². The molecule has 1 atom stereocenters. The van der Waals surface area contributed by atoms with E-state index in [4.69, 9.17) is 0 Å². The van der Waals surface area contributed by atoms with Crippen molar-refractivity contribution in [3.63, 3.8) is 0 Å². The topological polar surface area (TPSA) is 52.7 Å². The van der Waals surface area contributed by atoms with Gasteiger partial charge in [0.2, 0.25) is 11.8 Å². The van der Waals surface area contributed by atoms with Crippen molar-refractivity contribution in [3.8, 4) is 0 Å². The Labute approximate surface area is 132 Å². The van der Waals surface area contributed by atoms with E-state index in [1.165, 1.54) is 12.5 Å². The van der Waals surface area contributed by atoms with Crippen molar-refractivity contribution in [2.24, 2.45) is 0 Å². The molecule has 1 aromatic carbocycles. The van der Waals surface area contributed by atoms with Crippen LogP contribution in [0.15, 0.2) is 30.3 Å². The second-order valence-electron chi connectivity index (χ2n) is 5.86. The molecule has 5 heteroatoms. The molecule has 1 aliphatic heterocycles. The summed E-state index contributed by atoms with van der Waals surface area (Å²) < 4.78 is 0. The molecule has 1 aliphatic rings. The number of hydrogen-bond donors (Lipinski definition) is 1. The third-order valence-corrected chi connectivity index (χ3v) is 3.94. The Morgan fingerprint density at radius 3 is 2.55 bits per heavy atom. The molecule has 2 amide bonds. The van der Waals surface area contributed by atoms with Crippen LogP contribution in [-0.4, -0.2) is 53.8 Å². The van der Waals surface area contributed by atoms with E-state index in [0.29, 0.717) is 0 Å². The molecule has 5 nitrogen and oxygen atoms in total. The van der Waals surface area contributed by atoms with Crippen LogP contribution < -0.4 is 5.32 Å². The smallest absolute Gasteiger partial charge is 0.244 e. The molecule has 1 aromatic rings. The van der Waals surface area contributed by atoms with Crippen molar-refractivity contribution in [3.05, 3.63) is 35.9 Å². The highest BCUT2D eigenvalue weighted by atomic mass is 16.2. The van der Waals surface area contributed by atoms with E-state index in [-0.39, 0.29) is 11.8 Å². The van der Waals surface area contributed by atoms with E-state index in [9.17, 15) is 9.59 Å². The van der Waals surface area contributed by atoms with Crippen molar-refractivity contribution in [2.75, 3.05) is 26.2 Å². The first kappa shape index (κ1) is 16.5. The highest BCUT2D eigenvalue weighted by molar-refractivity contribution is 5.86. The molecule has 0 unspecified atom stereocenters. The fourth-order valence-corrected chi connectivity index (χ4v) is 2.83. The molecule has 0 radical (unpaired) electrons. The fraction of sp³-hybridized carbons (Fsp3) is 0.529. The van der Waals surface area contributed by atoms with Crippen molar-refractivity contribution in [1.82, 2.24) is 15.1 Å². The van der Waals surface area contributed by atoms with Gasteiger partial charge in [-0.1, -0.05) is 30.3 Å². The minimum Gasteiger partial charge on any atom is -0.345 e. The number of rotatable bonds is 4. The molecule has 0 aromatic heterocycles. The number of nitrogens with zero attached hydrogens (tertiary/aromatic N) is 2. The van der Waals surface area contributed by atoms with Gasteiger partial charge in [0.05, 0.1) is 0 Å². The number of hydrogen-bond acceptors (Lipinski definition) is 3. The van der Waals surface area contributed by atoms with Crippen LogP contribution in [0.1, 0.15) is 25.8 Å². The molecule has 120 valence electrons. The highest BCUT2D eigenvalue weighted by Gasteiger charge is 2.23. The molecule has 2 rings (SSSR count). The predicted molar refractivity (Wildman–Crippen MR) is 86.2 cm³/mol. The first-order valence-electron chi connectivity index (χ1n) is 7.88. The van der Waals surface area contributed by atoms with Crippen molar-refractivity contribution in [2.45, 2.75) is 32.9 Å². The van der Waals surface area contributed by atoms with Gasteiger partial charge < -0.3 is 10.2 Å². The second kappa shape index (κ2) is 7.94. The Morgan fingerprint density at radius 2 is 1.86 bits per heavy atom. The molecule has 1 fully saturated rings. The van der Waals surface area contributed by atoms with Crippen LogP contribution in [0.4, 0.5) is 0 Å². The van der Waals surface area contributed by atoms with Gasteiger partial charge in [-0.25, -0.2) is 0 Å². The van der Waals surface area contributed by atoms with Crippen molar-refractivity contribution >= 4 is 11.8 Å². The average molecular weight is 303 g/mol. The van der Waals surface area contributed by atoms with E-state index in [1.54, 1.807) is 6.92 Å². The Bertz CT molecular complexity index is 504. The van der Waals surface area contributed by atoms with E-state index < -0.39 is 6.04 Å². The van der Waals surface area contributed by atoms with Gasteiger partial charge in [0.15, 0.2) is 0 Å². The lowest BCUT2D eigenvalue weighted by Gasteiger charge is -2.25. The van der Waals surface area contributed by atoms with Crippen LogP contribution in [0.25, 0.3) is 0 Å². The summed E-state index contributed by atoms with van der Waals surface area (Å²) in [5.74, 6) is -0.155. The standard InChI is InChI=1S/C17H25N3O2/c1-14(18-15(2)21)17(22)20-10-6-9-19(11-12-20)13-16-7-4-3-5-8-16/h3-5,7-8,14H,6,9-13H2,1-2H3,(H,18,21)/t14-/m1/s1. The fourth-order valence-electron chi connectivity index (χ4n) is 2.83. The first-order chi connectivity index (χ1) is 10.6. The van der Waals surface area contributed by atoms with Crippen LogP contribution in [0.5, 0.6) is 0 Å². The van der Waals surface area contributed by atoms with Crippen molar-refractivity contribution in [1.29, 1.82) is 0 Å². The summed E-state index contributed by atoms with van der Waals surface area (Å²) in [5.41, 5.74) is 1.30. The van der Waals surface area contributed by atoms with E-state index in [0.717, 1.165) is 39.1 Å². The zero-order valence-electron chi connectivity index (χ0n) is 13.4. The Hall–Kier alpha value is -1.88. The summed E-state index contributed by atoms with van der Waals surface area (Å²) in [7, 11) is 0. The van der Waals surface area contributed by atoms with Gasteiger partial charge in [-0.05, 0) is 18.9 Å². The molecule has 0 saturated carbocycles. The average Bonchev–Trinajstić information content (AvgIpc) is 2.72. The molecular weight excluding hydrogens is 278 g/mol. The maximum absolute atomic E-state index is 12.3. The summed E-state index contributed by atoms with van der Waals surface area (Å²) in [6, 6.07) is 9.95. The minimum absolute atomic E-state index is 0.0109. The SMILES string of the molecule is CC(=O)N[C@H](C)C(=O)N1CCCN(Cc2ccccc2)CC1. The van der Waals surface area contributed by atoms with Crippen LogP contribution in [0.2, 0.25) is 0 Å². The minimum atomic E-state index is -0.446. The lowest BCUT2D eigenvalue weighted by molar-refractivity contribution is -0.135. The van der Waals surface area contributed by atoms with Gasteiger partial charge in [0, 0.05) is 39.6 Å². The third kappa shape index (κ3) is 4.84. The number of carbonyl (C=O) groups excluding carboxylic acids is 2. The summed E-state index contributed by atoms with van der Waals surface area (Å²) >= 11 is 0. The Balaban J connectivity index is 1.87. The summed E-state index contributed by atoms with van der Waals surface area (Å²) in [6.07, 6.45) is 0.964.